The second kappa shape index (κ2) is 7.48. The standard InChI is InChI=1S/C24H20N2O4/c1-14-7-10-19(13-15(14)2)30-18-11-8-17(9-12-18)26-23(28)20-5-4-6-21(25-16(3)27)22(20)24(26)29/h4-13H,1-3H3,(H,25,27). The zero-order chi connectivity index (χ0) is 21.4. The Morgan fingerprint density at radius 3 is 2.23 bits per heavy atom. The van der Waals surface area contributed by atoms with Crippen molar-refractivity contribution < 1.29 is 19.1 Å². The Morgan fingerprint density at radius 2 is 1.57 bits per heavy atom. The highest BCUT2D eigenvalue weighted by Gasteiger charge is 2.38. The summed E-state index contributed by atoms with van der Waals surface area (Å²) in [4.78, 5) is 38.4. The lowest BCUT2D eigenvalue weighted by Crippen LogP contribution is -2.29. The van der Waals surface area contributed by atoms with Gasteiger partial charge in [0.2, 0.25) is 5.91 Å². The van der Waals surface area contributed by atoms with Crippen LogP contribution < -0.4 is 15.0 Å². The van der Waals surface area contributed by atoms with Gasteiger partial charge in [-0.15, -0.1) is 0 Å². The fraction of sp³-hybridized carbons (Fsp3) is 0.125. The molecule has 0 aromatic heterocycles. The second-order valence-electron chi connectivity index (χ2n) is 7.20. The molecule has 0 bridgehead atoms. The smallest absolute Gasteiger partial charge is 0.268 e. The largest absolute Gasteiger partial charge is 0.457 e. The van der Waals surface area contributed by atoms with Crippen molar-refractivity contribution >= 4 is 29.1 Å². The van der Waals surface area contributed by atoms with Crippen molar-refractivity contribution in [1.29, 1.82) is 0 Å². The number of carbonyl (C=O) groups excluding carboxylic acids is 3. The molecule has 1 aliphatic rings. The minimum atomic E-state index is -0.470. The first kappa shape index (κ1) is 19.4. The van der Waals surface area contributed by atoms with E-state index in [2.05, 4.69) is 5.32 Å². The van der Waals surface area contributed by atoms with Crippen molar-refractivity contribution in [1.82, 2.24) is 0 Å². The molecule has 1 N–H and O–H groups in total. The normalized spacial score (nSPS) is 12.7. The summed E-state index contributed by atoms with van der Waals surface area (Å²) in [6, 6.07) is 17.4. The monoisotopic (exact) mass is 400 g/mol. The molecule has 0 radical (unpaired) electrons. The first-order valence-corrected chi connectivity index (χ1v) is 9.49. The molecule has 0 unspecified atom stereocenters. The molecule has 0 fully saturated rings. The Labute approximate surface area is 174 Å². The first-order chi connectivity index (χ1) is 14.3. The van der Waals surface area contributed by atoms with E-state index in [9.17, 15) is 14.4 Å². The van der Waals surface area contributed by atoms with Crippen molar-refractivity contribution in [3.8, 4) is 11.5 Å². The minimum Gasteiger partial charge on any atom is -0.457 e. The van der Waals surface area contributed by atoms with Gasteiger partial charge in [-0.3, -0.25) is 14.4 Å². The van der Waals surface area contributed by atoms with Crippen LogP contribution in [0.1, 0.15) is 38.8 Å². The predicted octanol–water partition coefficient (Wildman–Crippen LogP) is 4.85. The van der Waals surface area contributed by atoms with Gasteiger partial charge in [-0.25, -0.2) is 4.90 Å². The summed E-state index contributed by atoms with van der Waals surface area (Å²) < 4.78 is 5.87. The van der Waals surface area contributed by atoms with Gasteiger partial charge in [0.05, 0.1) is 22.5 Å². The van der Waals surface area contributed by atoms with Crippen LogP contribution in [-0.2, 0) is 4.79 Å². The van der Waals surface area contributed by atoms with Crippen LogP contribution in [0.2, 0.25) is 0 Å². The number of rotatable bonds is 4. The SMILES string of the molecule is CC(=O)Nc1cccc2c1C(=O)N(c1ccc(Oc3ccc(C)c(C)c3)cc1)C2=O. The maximum absolute atomic E-state index is 13.0. The molecule has 3 amide bonds. The number of amides is 3. The van der Waals surface area contributed by atoms with Crippen LogP contribution in [0.3, 0.4) is 0 Å². The maximum Gasteiger partial charge on any atom is 0.268 e. The van der Waals surface area contributed by atoms with E-state index in [0.717, 1.165) is 10.5 Å². The number of nitrogens with zero attached hydrogens (tertiary/aromatic N) is 1. The Bertz CT molecular complexity index is 1180. The number of imide groups is 1. The molecule has 0 aliphatic carbocycles. The van der Waals surface area contributed by atoms with Gasteiger partial charge < -0.3 is 10.1 Å². The van der Waals surface area contributed by atoms with E-state index in [0.29, 0.717) is 22.9 Å². The minimum absolute atomic E-state index is 0.202. The molecule has 30 heavy (non-hydrogen) atoms. The van der Waals surface area contributed by atoms with E-state index < -0.39 is 11.8 Å². The number of nitrogens with one attached hydrogen (secondary N) is 1. The Balaban J connectivity index is 1.60. The van der Waals surface area contributed by atoms with Crippen LogP contribution in [-0.4, -0.2) is 17.7 Å². The summed E-state index contributed by atoms with van der Waals surface area (Å²) >= 11 is 0. The Morgan fingerprint density at radius 1 is 0.867 bits per heavy atom. The van der Waals surface area contributed by atoms with Crippen LogP contribution in [0, 0.1) is 13.8 Å². The van der Waals surface area contributed by atoms with Gasteiger partial charge in [0, 0.05) is 6.92 Å². The number of benzene rings is 3. The molecular weight excluding hydrogens is 380 g/mol. The van der Waals surface area contributed by atoms with Gasteiger partial charge in [0.1, 0.15) is 11.5 Å². The highest BCUT2D eigenvalue weighted by molar-refractivity contribution is 6.36. The fourth-order valence-corrected chi connectivity index (χ4v) is 3.39. The van der Waals surface area contributed by atoms with Crippen molar-refractivity contribution in [3.05, 3.63) is 82.9 Å². The lowest BCUT2D eigenvalue weighted by atomic mass is 10.1. The number of hydrogen-bond acceptors (Lipinski definition) is 4. The van der Waals surface area contributed by atoms with E-state index >= 15 is 0 Å². The molecule has 1 heterocycles. The van der Waals surface area contributed by atoms with Crippen LogP contribution in [0.15, 0.2) is 60.7 Å². The van der Waals surface area contributed by atoms with Gasteiger partial charge in [0.15, 0.2) is 0 Å². The average Bonchev–Trinajstić information content (AvgIpc) is 2.96. The lowest BCUT2D eigenvalue weighted by Gasteiger charge is -2.15. The van der Waals surface area contributed by atoms with Gasteiger partial charge in [-0.05, 0) is 73.5 Å². The number of carbonyl (C=O) groups is 3. The highest BCUT2D eigenvalue weighted by atomic mass is 16.5. The van der Waals surface area contributed by atoms with Crippen LogP contribution >= 0.6 is 0 Å². The molecular formula is C24H20N2O4. The molecule has 6 nitrogen and oxygen atoms in total. The number of hydrogen-bond donors (Lipinski definition) is 1. The van der Waals surface area contributed by atoms with E-state index in [1.165, 1.54) is 12.5 Å². The molecule has 4 rings (SSSR count). The summed E-state index contributed by atoms with van der Waals surface area (Å²) in [5.41, 5.74) is 3.54. The van der Waals surface area contributed by atoms with Gasteiger partial charge in [-0.2, -0.15) is 0 Å². The highest BCUT2D eigenvalue weighted by Crippen LogP contribution is 2.34. The summed E-state index contributed by atoms with van der Waals surface area (Å²) in [6.07, 6.45) is 0. The molecule has 0 saturated carbocycles. The maximum atomic E-state index is 13.0. The van der Waals surface area contributed by atoms with E-state index in [1.807, 2.05) is 32.0 Å². The average molecular weight is 400 g/mol. The third kappa shape index (κ3) is 3.43. The van der Waals surface area contributed by atoms with Crippen molar-refractivity contribution in [2.75, 3.05) is 10.2 Å². The number of ether oxygens (including phenoxy) is 1. The second-order valence-corrected chi connectivity index (χ2v) is 7.20. The third-order valence-corrected chi connectivity index (χ3v) is 5.03. The molecule has 1 aliphatic heterocycles. The van der Waals surface area contributed by atoms with Crippen molar-refractivity contribution in [2.24, 2.45) is 0 Å². The molecule has 6 heteroatoms. The van der Waals surface area contributed by atoms with Gasteiger partial charge in [0.25, 0.3) is 11.8 Å². The summed E-state index contributed by atoms with van der Waals surface area (Å²) in [5.74, 6) is 0.103. The summed E-state index contributed by atoms with van der Waals surface area (Å²) in [5, 5.41) is 2.61. The van der Waals surface area contributed by atoms with Crippen LogP contribution in [0.4, 0.5) is 11.4 Å². The molecule has 0 atom stereocenters. The third-order valence-electron chi connectivity index (χ3n) is 5.03. The van der Waals surface area contributed by atoms with Crippen molar-refractivity contribution in [3.63, 3.8) is 0 Å². The first-order valence-electron chi connectivity index (χ1n) is 9.49. The van der Waals surface area contributed by atoms with E-state index in [-0.39, 0.29) is 17.0 Å². The zero-order valence-corrected chi connectivity index (χ0v) is 16.9. The topological polar surface area (TPSA) is 75.7 Å². The van der Waals surface area contributed by atoms with E-state index in [4.69, 9.17) is 4.74 Å². The molecule has 0 saturated heterocycles. The zero-order valence-electron chi connectivity index (χ0n) is 16.9. The predicted molar refractivity (Wildman–Crippen MR) is 114 cm³/mol. The summed E-state index contributed by atoms with van der Waals surface area (Å²) in [6.45, 7) is 5.41. The Kier molecular flexibility index (Phi) is 4.83. The van der Waals surface area contributed by atoms with Crippen LogP contribution in [0.5, 0.6) is 11.5 Å². The van der Waals surface area contributed by atoms with E-state index in [1.54, 1.807) is 42.5 Å². The van der Waals surface area contributed by atoms with Crippen LogP contribution in [0.25, 0.3) is 0 Å². The lowest BCUT2D eigenvalue weighted by molar-refractivity contribution is -0.114. The molecule has 150 valence electrons. The number of aryl methyl sites for hydroxylation is 2. The quantitative estimate of drug-likeness (QED) is 0.635. The molecule has 0 spiro atoms. The summed E-state index contributed by atoms with van der Waals surface area (Å²) in [7, 11) is 0. The fourth-order valence-electron chi connectivity index (χ4n) is 3.39. The van der Waals surface area contributed by atoms with Gasteiger partial charge >= 0.3 is 0 Å². The molecule has 3 aromatic rings. The van der Waals surface area contributed by atoms with Gasteiger partial charge in [-0.1, -0.05) is 12.1 Å². The van der Waals surface area contributed by atoms with Crippen molar-refractivity contribution in [2.45, 2.75) is 20.8 Å². The number of fused-ring (bicyclic) bond motifs is 1. The molecule has 3 aromatic carbocycles. The Hall–Kier alpha value is -3.93. The number of anilines is 2.